The molecule has 1 fully saturated rings. The molecule has 0 radical (unpaired) electrons. The van der Waals surface area contributed by atoms with Crippen LogP contribution in [0.3, 0.4) is 0 Å². The molecule has 0 aromatic heterocycles. The first kappa shape index (κ1) is 11.5. The van der Waals surface area contributed by atoms with E-state index in [1.165, 1.54) is 0 Å². The van der Waals surface area contributed by atoms with Crippen molar-refractivity contribution in [3.63, 3.8) is 0 Å². The van der Waals surface area contributed by atoms with E-state index in [9.17, 15) is 4.79 Å². The molecule has 1 rings (SSSR count). The minimum absolute atomic E-state index is 0.00704. The van der Waals surface area contributed by atoms with Crippen LogP contribution >= 0.6 is 0 Å². The second kappa shape index (κ2) is 5.98. The number of ether oxygens (including phenoxy) is 1. The third-order valence-electron chi connectivity index (χ3n) is 2.21. The number of rotatable bonds is 4. The van der Waals surface area contributed by atoms with E-state index in [1.54, 1.807) is 0 Å². The topological polar surface area (TPSA) is 50.4 Å². The normalized spacial score (nSPS) is 22.4. The molecule has 2 N–H and O–H groups in total. The van der Waals surface area contributed by atoms with Gasteiger partial charge in [0.2, 0.25) is 5.91 Å². The summed E-state index contributed by atoms with van der Waals surface area (Å²) < 4.78 is 5.21. The second-order valence-corrected chi connectivity index (χ2v) is 3.97. The summed E-state index contributed by atoms with van der Waals surface area (Å²) in [4.78, 5) is 11.4. The van der Waals surface area contributed by atoms with Gasteiger partial charge in [-0.1, -0.05) is 0 Å². The molecule has 4 heteroatoms. The Hall–Kier alpha value is -0.610. The fourth-order valence-corrected chi connectivity index (χ4v) is 1.49. The van der Waals surface area contributed by atoms with Crippen LogP contribution in [0.5, 0.6) is 0 Å². The number of hydrogen-bond acceptors (Lipinski definition) is 3. The molecule has 1 aliphatic rings. The van der Waals surface area contributed by atoms with Crippen molar-refractivity contribution in [1.82, 2.24) is 10.6 Å². The molecule has 1 atom stereocenters. The van der Waals surface area contributed by atoms with Gasteiger partial charge in [0.05, 0.1) is 6.10 Å². The molecule has 1 saturated heterocycles. The minimum Gasteiger partial charge on any atom is -0.369 e. The van der Waals surface area contributed by atoms with E-state index in [-0.39, 0.29) is 24.7 Å². The zero-order valence-corrected chi connectivity index (χ0v) is 9.01. The van der Waals surface area contributed by atoms with Gasteiger partial charge in [-0.05, 0) is 33.2 Å². The molecular weight excluding hydrogens is 180 g/mol. The Morgan fingerprint density at radius 3 is 3.00 bits per heavy atom. The average molecular weight is 200 g/mol. The Morgan fingerprint density at radius 2 is 2.43 bits per heavy atom. The van der Waals surface area contributed by atoms with Crippen LogP contribution in [0.15, 0.2) is 0 Å². The summed E-state index contributed by atoms with van der Waals surface area (Å²) in [7, 11) is 0. The Bertz CT molecular complexity index is 177. The predicted molar refractivity (Wildman–Crippen MR) is 55.1 cm³/mol. The van der Waals surface area contributed by atoms with E-state index in [0.717, 1.165) is 25.9 Å². The van der Waals surface area contributed by atoms with Crippen molar-refractivity contribution < 1.29 is 9.53 Å². The quantitative estimate of drug-likeness (QED) is 0.685. The van der Waals surface area contributed by atoms with Crippen LogP contribution in [0.4, 0.5) is 0 Å². The summed E-state index contributed by atoms with van der Waals surface area (Å²) in [6, 6.07) is 0.284. The molecule has 14 heavy (non-hydrogen) atoms. The van der Waals surface area contributed by atoms with Crippen molar-refractivity contribution in [3.05, 3.63) is 0 Å². The third-order valence-corrected chi connectivity index (χ3v) is 2.21. The Kier molecular flexibility index (Phi) is 4.90. The second-order valence-electron chi connectivity index (χ2n) is 3.97. The predicted octanol–water partition coefficient (Wildman–Crippen LogP) is 0.280. The Morgan fingerprint density at radius 1 is 1.64 bits per heavy atom. The van der Waals surface area contributed by atoms with Crippen LogP contribution in [0.25, 0.3) is 0 Å². The van der Waals surface area contributed by atoms with Crippen LogP contribution in [-0.2, 0) is 9.53 Å². The number of hydrogen-bond donors (Lipinski definition) is 2. The van der Waals surface area contributed by atoms with Gasteiger partial charge in [0.15, 0.2) is 0 Å². The standard InChI is InChI=1S/C10H20N2O2/c1-8(2)14-7-10(13)12-9-4-3-5-11-6-9/h8-9,11H,3-7H2,1-2H3,(H,12,13)/t9-/m0/s1. The van der Waals surface area contributed by atoms with E-state index in [4.69, 9.17) is 4.74 Å². The number of carbonyl (C=O) groups excluding carboxylic acids is 1. The van der Waals surface area contributed by atoms with Gasteiger partial charge in [-0.3, -0.25) is 4.79 Å². The average Bonchev–Trinajstić information content (AvgIpc) is 2.16. The zero-order chi connectivity index (χ0) is 10.4. The van der Waals surface area contributed by atoms with E-state index in [1.807, 2.05) is 13.8 Å². The van der Waals surface area contributed by atoms with Gasteiger partial charge in [0.1, 0.15) is 6.61 Å². The highest BCUT2D eigenvalue weighted by molar-refractivity contribution is 5.77. The highest BCUT2D eigenvalue weighted by Gasteiger charge is 2.15. The summed E-state index contributed by atoms with van der Waals surface area (Å²) in [6.07, 6.45) is 2.32. The summed E-state index contributed by atoms with van der Waals surface area (Å²) in [5, 5.41) is 6.20. The molecule has 0 aromatic rings. The van der Waals surface area contributed by atoms with Crippen LogP contribution in [0, 0.1) is 0 Å². The first-order valence-electron chi connectivity index (χ1n) is 5.30. The minimum atomic E-state index is -0.00704. The molecular formula is C10H20N2O2. The lowest BCUT2D eigenvalue weighted by Gasteiger charge is -2.23. The van der Waals surface area contributed by atoms with Crippen LogP contribution < -0.4 is 10.6 Å². The van der Waals surface area contributed by atoms with Crippen molar-refractivity contribution in [2.24, 2.45) is 0 Å². The van der Waals surface area contributed by atoms with Crippen LogP contribution in [0.2, 0.25) is 0 Å². The van der Waals surface area contributed by atoms with E-state index in [0.29, 0.717) is 0 Å². The first-order valence-corrected chi connectivity index (χ1v) is 5.30. The lowest BCUT2D eigenvalue weighted by molar-refractivity contribution is -0.127. The SMILES string of the molecule is CC(C)OCC(=O)N[C@H]1CCCNC1. The Balaban J connectivity index is 2.12. The molecule has 1 amide bonds. The van der Waals surface area contributed by atoms with Crippen molar-refractivity contribution in [2.75, 3.05) is 19.7 Å². The van der Waals surface area contributed by atoms with Crippen LogP contribution in [-0.4, -0.2) is 37.7 Å². The van der Waals surface area contributed by atoms with Crippen molar-refractivity contribution in [2.45, 2.75) is 38.8 Å². The first-order chi connectivity index (χ1) is 6.68. The number of carbonyl (C=O) groups is 1. The van der Waals surface area contributed by atoms with Crippen molar-refractivity contribution >= 4 is 5.91 Å². The van der Waals surface area contributed by atoms with Gasteiger partial charge in [-0.2, -0.15) is 0 Å². The van der Waals surface area contributed by atoms with Gasteiger partial charge >= 0.3 is 0 Å². The summed E-state index contributed by atoms with van der Waals surface area (Å²) in [5.41, 5.74) is 0. The van der Waals surface area contributed by atoms with Crippen LogP contribution in [0.1, 0.15) is 26.7 Å². The fraction of sp³-hybridized carbons (Fsp3) is 0.900. The molecule has 0 bridgehead atoms. The highest BCUT2D eigenvalue weighted by Crippen LogP contribution is 2.00. The lowest BCUT2D eigenvalue weighted by atomic mass is 10.1. The van der Waals surface area contributed by atoms with Gasteiger partial charge in [0.25, 0.3) is 0 Å². The van der Waals surface area contributed by atoms with E-state index in [2.05, 4.69) is 10.6 Å². The van der Waals surface area contributed by atoms with E-state index >= 15 is 0 Å². The molecule has 0 unspecified atom stereocenters. The number of nitrogens with one attached hydrogen (secondary N) is 2. The number of amides is 1. The molecule has 0 spiro atoms. The molecule has 82 valence electrons. The third kappa shape index (κ3) is 4.58. The van der Waals surface area contributed by atoms with E-state index < -0.39 is 0 Å². The molecule has 4 nitrogen and oxygen atoms in total. The molecule has 1 heterocycles. The molecule has 1 aliphatic heterocycles. The van der Waals surface area contributed by atoms with Crippen molar-refractivity contribution in [3.8, 4) is 0 Å². The maximum atomic E-state index is 11.4. The summed E-state index contributed by atoms with van der Waals surface area (Å²) in [5.74, 6) is -0.00704. The fourth-order valence-electron chi connectivity index (χ4n) is 1.49. The maximum Gasteiger partial charge on any atom is 0.246 e. The molecule has 0 aliphatic carbocycles. The monoisotopic (exact) mass is 200 g/mol. The lowest BCUT2D eigenvalue weighted by Crippen LogP contribution is -2.46. The van der Waals surface area contributed by atoms with Gasteiger partial charge in [-0.15, -0.1) is 0 Å². The van der Waals surface area contributed by atoms with Gasteiger partial charge in [0, 0.05) is 12.6 Å². The summed E-state index contributed by atoms with van der Waals surface area (Å²) in [6.45, 7) is 5.97. The van der Waals surface area contributed by atoms with Gasteiger partial charge in [-0.25, -0.2) is 0 Å². The smallest absolute Gasteiger partial charge is 0.246 e. The summed E-state index contributed by atoms with van der Waals surface area (Å²) >= 11 is 0. The highest BCUT2D eigenvalue weighted by atomic mass is 16.5. The van der Waals surface area contributed by atoms with Gasteiger partial charge < -0.3 is 15.4 Å². The largest absolute Gasteiger partial charge is 0.369 e. The maximum absolute atomic E-state index is 11.4. The molecule has 0 aromatic carbocycles. The van der Waals surface area contributed by atoms with Crippen molar-refractivity contribution in [1.29, 1.82) is 0 Å². The zero-order valence-electron chi connectivity index (χ0n) is 9.01. The Labute approximate surface area is 85.4 Å². The molecule has 0 saturated carbocycles. The number of piperidine rings is 1.